The summed E-state index contributed by atoms with van der Waals surface area (Å²) in [6.45, 7) is 1.53. The molecule has 0 aliphatic carbocycles. The average molecular weight is 488 g/mol. The van der Waals surface area contributed by atoms with Gasteiger partial charge in [0.15, 0.2) is 28.8 Å². The normalized spacial score (nSPS) is 12.9. The molecule has 0 saturated heterocycles. The third kappa shape index (κ3) is 5.52. The highest BCUT2D eigenvalue weighted by molar-refractivity contribution is 6.09. The molecule has 1 aromatic carbocycles. The predicted molar refractivity (Wildman–Crippen MR) is 130 cm³/mol. The van der Waals surface area contributed by atoms with Gasteiger partial charge in [-0.3, -0.25) is 9.98 Å². The third-order valence-corrected chi connectivity index (χ3v) is 5.12. The van der Waals surface area contributed by atoms with Crippen LogP contribution in [0.2, 0.25) is 0 Å². The maximum Gasteiger partial charge on any atom is 0.191 e. The average Bonchev–Trinajstić information content (AvgIpc) is 2.86. The third-order valence-electron chi connectivity index (χ3n) is 5.12. The Morgan fingerprint density at radius 2 is 1.83 bits per heavy atom. The predicted octanol–water partition coefficient (Wildman–Crippen LogP) is 3.57. The van der Waals surface area contributed by atoms with Crippen molar-refractivity contribution in [3.63, 3.8) is 0 Å². The van der Waals surface area contributed by atoms with Gasteiger partial charge in [0.2, 0.25) is 0 Å². The van der Waals surface area contributed by atoms with Crippen LogP contribution >= 0.6 is 0 Å². The molecule has 186 valence electrons. The molecule has 11 heteroatoms. The fraction of sp³-hybridized carbons (Fsp3) is 0.333. The van der Waals surface area contributed by atoms with Crippen LogP contribution in [-0.2, 0) is 4.74 Å². The molecule has 0 fully saturated rings. The minimum absolute atomic E-state index is 0.0701. The fourth-order valence-corrected chi connectivity index (χ4v) is 3.47. The molecular formula is C24H27F2N5O4. The maximum absolute atomic E-state index is 15.4. The quantitative estimate of drug-likeness (QED) is 0.433. The van der Waals surface area contributed by atoms with Crippen LogP contribution < -0.4 is 14.4 Å². The molecule has 0 aliphatic rings. The highest BCUT2D eigenvalue weighted by Crippen LogP contribution is 2.40. The van der Waals surface area contributed by atoms with E-state index in [0.29, 0.717) is 11.2 Å². The summed E-state index contributed by atoms with van der Waals surface area (Å²) < 4.78 is 45.9. The molecule has 3 rings (SSSR count). The van der Waals surface area contributed by atoms with Crippen LogP contribution in [0.15, 0.2) is 35.5 Å². The minimum Gasteiger partial charge on any atom is -0.493 e. The summed E-state index contributed by atoms with van der Waals surface area (Å²) in [6, 6.07) is 4.27. The van der Waals surface area contributed by atoms with E-state index in [4.69, 9.17) is 14.2 Å². The fourth-order valence-electron chi connectivity index (χ4n) is 3.47. The second kappa shape index (κ2) is 11.6. The van der Waals surface area contributed by atoms with E-state index < -0.39 is 23.4 Å². The molecule has 2 aromatic heterocycles. The Morgan fingerprint density at radius 1 is 1.14 bits per heavy atom. The first-order valence-corrected chi connectivity index (χ1v) is 10.7. The summed E-state index contributed by atoms with van der Waals surface area (Å²) in [4.78, 5) is 18.6. The molecule has 1 N–H and O–H groups in total. The summed E-state index contributed by atoms with van der Waals surface area (Å²) in [5.74, 6) is -2.30. The number of aliphatic imine (C=N–C) groups is 1. The Bertz CT molecular complexity index is 1220. The molecule has 0 bridgehead atoms. The first-order valence-electron chi connectivity index (χ1n) is 10.7. The van der Waals surface area contributed by atoms with Crippen LogP contribution in [0.4, 0.5) is 20.3 Å². The molecule has 2 heterocycles. The van der Waals surface area contributed by atoms with Gasteiger partial charge in [0.05, 0.1) is 45.4 Å². The Kier molecular flexibility index (Phi) is 8.61. The van der Waals surface area contributed by atoms with Crippen molar-refractivity contribution >= 4 is 34.5 Å². The van der Waals surface area contributed by atoms with Crippen molar-refractivity contribution in [2.24, 2.45) is 4.99 Å². The molecular weight excluding hydrogens is 460 g/mol. The van der Waals surface area contributed by atoms with Gasteiger partial charge in [-0.05, 0) is 19.1 Å². The van der Waals surface area contributed by atoms with Gasteiger partial charge in [-0.25, -0.2) is 18.7 Å². The van der Waals surface area contributed by atoms with Gasteiger partial charge in [0.1, 0.15) is 17.0 Å². The summed E-state index contributed by atoms with van der Waals surface area (Å²) in [5.41, 5.74) is 1.48. The zero-order chi connectivity index (χ0) is 25.5. The van der Waals surface area contributed by atoms with Crippen molar-refractivity contribution in [2.75, 3.05) is 46.4 Å². The van der Waals surface area contributed by atoms with Gasteiger partial charge in [0, 0.05) is 32.0 Å². The standard InChI is InChI=1S/C24H27F2N5O4/c1-6-14(10-27-2)17-11-28-16-7-8-20(30-24(16)29-17)31(12-15(32)13-33-3)23-21(25)18(34-4)9-19(35-5)22(23)26/h6-11,15,32H,12-13H2,1-5H3/b14-6+,27-10?. The molecule has 1 atom stereocenters. The summed E-state index contributed by atoms with van der Waals surface area (Å²) in [7, 11) is 5.57. The highest BCUT2D eigenvalue weighted by atomic mass is 19.1. The molecule has 35 heavy (non-hydrogen) atoms. The largest absolute Gasteiger partial charge is 0.493 e. The number of methoxy groups -OCH3 is 3. The second-order valence-electron chi connectivity index (χ2n) is 7.38. The number of aliphatic hydroxyl groups excluding tert-OH is 1. The number of rotatable bonds is 10. The zero-order valence-corrected chi connectivity index (χ0v) is 20.1. The molecule has 9 nitrogen and oxygen atoms in total. The van der Waals surface area contributed by atoms with E-state index in [-0.39, 0.29) is 36.1 Å². The Hall–Kier alpha value is -3.70. The van der Waals surface area contributed by atoms with Crippen molar-refractivity contribution in [2.45, 2.75) is 13.0 Å². The van der Waals surface area contributed by atoms with Crippen LogP contribution in [0.1, 0.15) is 12.6 Å². The van der Waals surface area contributed by atoms with Gasteiger partial charge in [-0.1, -0.05) is 6.08 Å². The van der Waals surface area contributed by atoms with E-state index in [2.05, 4.69) is 19.9 Å². The van der Waals surface area contributed by atoms with Crippen LogP contribution in [0.25, 0.3) is 16.7 Å². The number of aliphatic hydroxyl groups is 1. The van der Waals surface area contributed by atoms with E-state index in [1.807, 2.05) is 13.0 Å². The van der Waals surface area contributed by atoms with Crippen molar-refractivity contribution in [3.8, 4) is 11.5 Å². The molecule has 1 unspecified atom stereocenters. The molecule has 0 saturated carbocycles. The van der Waals surface area contributed by atoms with Gasteiger partial charge < -0.3 is 24.2 Å². The molecule has 0 aliphatic heterocycles. The molecule has 0 spiro atoms. The number of pyridine rings is 1. The lowest BCUT2D eigenvalue weighted by atomic mass is 10.2. The molecule has 0 radical (unpaired) electrons. The van der Waals surface area contributed by atoms with Crippen molar-refractivity contribution in [1.82, 2.24) is 15.0 Å². The van der Waals surface area contributed by atoms with Gasteiger partial charge in [-0.15, -0.1) is 0 Å². The number of allylic oxidation sites excluding steroid dienone is 2. The topological polar surface area (TPSA) is 102 Å². The van der Waals surface area contributed by atoms with Crippen LogP contribution in [-0.4, -0.2) is 73.9 Å². The van der Waals surface area contributed by atoms with E-state index >= 15 is 8.78 Å². The van der Waals surface area contributed by atoms with Gasteiger partial charge >= 0.3 is 0 Å². The van der Waals surface area contributed by atoms with Gasteiger partial charge in [0.25, 0.3) is 0 Å². The monoisotopic (exact) mass is 487 g/mol. The second-order valence-corrected chi connectivity index (χ2v) is 7.38. The number of fused-ring (bicyclic) bond motifs is 1. The summed E-state index contributed by atoms with van der Waals surface area (Å²) in [6.07, 6.45) is 3.96. The summed E-state index contributed by atoms with van der Waals surface area (Å²) >= 11 is 0. The van der Waals surface area contributed by atoms with Gasteiger partial charge in [-0.2, -0.15) is 0 Å². The number of halogens is 2. The first-order chi connectivity index (χ1) is 16.9. The van der Waals surface area contributed by atoms with E-state index in [1.54, 1.807) is 25.5 Å². The van der Waals surface area contributed by atoms with E-state index in [0.717, 1.165) is 11.6 Å². The summed E-state index contributed by atoms with van der Waals surface area (Å²) in [5, 5.41) is 10.4. The number of hydrogen-bond acceptors (Lipinski definition) is 9. The van der Waals surface area contributed by atoms with Crippen LogP contribution in [0, 0.1) is 11.6 Å². The van der Waals surface area contributed by atoms with Crippen LogP contribution in [0.5, 0.6) is 11.5 Å². The number of nitrogens with zero attached hydrogens (tertiary/aromatic N) is 5. The Balaban J connectivity index is 2.22. The highest BCUT2D eigenvalue weighted by Gasteiger charge is 2.28. The number of aromatic nitrogens is 3. The number of anilines is 2. The van der Waals surface area contributed by atoms with E-state index in [9.17, 15) is 5.11 Å². The molecule has 0 amide bonds. The first kappa shape index (κ1) is 25.9. The number of ether oxygens (including phenoxy) is 3. The Morgan fingerprint density at radius 3 is 2.40 bits per heavy atom. The SMILES string of the molecule is C/C=C(\C=NC)c1cnc2ccc(N(CC(O)COC)c3c(F)c(OC)cc(OC)c3F)nc2n1. The van der Waals surface area contributed by atoms with Crippen molar-refractivity contribution in [3.05, 3.63) is 47.8 Å². The lowest BCUT2D eigenvalue weighted by Crippen LogP contribution is -2.33. The van der Waals surface area contributed by atoms with Crippen LogP contribution in [0.3, 0.4) is 0 Å². The van der Waals surface area contributed by atoms with E-state index in [1.165, 1.54) is 32.3 Å². The zero-order valence-electron chi connectivity index (χ0n) is 20.1. The Labute approximate surface area is 201 Å². The minimum atomic E-state index is -1.10. The number of hydrogen-bond donors (Lipinski definition) is 1. The van der Waals surface area contributed by atoms with Crippen molar-refractivity contribution in [1.29, 1.82) is 0 Å². The smallest absolute Gasteiger partial charge is 0.191 e. The lowest BCUT2D eigenvalue weighted by Gasteiger charge is -2.28. The lowest BCUT2D eigenvalue weighted by molar-refractivity contribution is 0.0699. The maximum atomic E-state index is 15.4. The van der Waals surface area contributed by atoms with Crippen molar-refractivity contribution < 1.29 is 28.1 Å². The number of benzene rings is 1. The molecule has 3 aromatic rings.